The summed E-state index contributed by atoms with van der Waals surface area (Å²) in [5.74, 6) is -0.180. The van der Waals surface area contributed by atoms with Crippen LogP contribution >= 0.6 is 0 Å². The van der Waals surface area contributed by atoms with E-state index in [9.17, 15) is 8.42 Å². The lowest BCUT2D eigenvalue weighted by Gasteiger charge is -2.07. The molecule has 0 fully saturated rings. The minimum absolute atomic E-state index is 0.0264. The molecule has 1 aromatic heterocycles. The van der Waals surface area contributed by atoms with Crippen LogP contribution in [0.4, 0.5) is 0 Å². The first-order chi connectivity index (χ1) is 11.0. The Morgan fingerprint density at radius 2 is 1.87 bits per heavy atom. The summed E-state index contributed by atoms with van der Waals surface area (Å²) in [6.07, 6.45) is 1.22. The van der Waals surface area contributed by atoms with Crippen LogP contribution in [0.3, 0.4) is 0 Å². The minimum atomic E-state index is -4.00. The van der Waals surface area contributed by atoms with E-state index < -0.39 is 10.1 Å². The third-order valence-electron chi connectivity index (χ3n) is 3.18. The summed E-state index contributed by atoms with van der Waals surface area (Å²) < 4.78 is 29.5. The van der Waals surface area contributed by atoms with Crippen LogP contribution < -0.4 is 4.18 Å². The van der Waals surface area contributed by atoms with Crippen molar-refractivity contribution in [1.82, 2.24) is 9.97 Å². The van der Waals surface area contributed by atoms with Gasteiger partial charge in [-0.25, -0.2) is 9.97 Å². The Bertz CT molecular complexity index is 1020. The number of aryl methyl sites for hydroxylation is 1. The standard InChI is InChI=1S/C16H11N3O3S/c1-11-5-7-13(8-6-11)23(20,21)22-15-10-18-14-4-2-3-12(9-17)16(14)19-15/h2-8,10H,1H3. The zero-order valence-corrected chi connectivity index (χ0v) is 12.9. The summed E-state index contributed by atoms with van der Waals surface area (Å²) in [4.78, 5) is 8.19. The maximum atomic E-state index is 12.2. The molecule has 0 spiro atoms. The molecular weight excluding hydrogens is 314 g/mol. The molecule has 3 rings (SSSR count). The van der Waals surface area contributed by atoms with E-state index in [1.54, 1.807) is 30.3 Å². The molecule has 3 aromatic rings. The minimum Gasteiger partial charge on any atom is -0.356 e. The maximum Gasteiger partial charge on any atom is 0.340 e. The monoisotopic (exact) mass is 325 g/mol. The fraction of sp³-hybridized carbons (Fsp3) is 0.0625. The summed E-state index contributed by atoms with van der Waals surface area (Å²) in [5.41, 5.74) is 2.03. The second-order valence-electron chi connectivity index (χ2n) is 4.84. The highest BCUT2D eigenvalue weighted by atomic mass is 32.2. The van der Waals surface area contributed by atoms with Gasteiger partial charge >= 0.3 is 10.1 Å². The Morgan fingerprint density at radius 3 is 2.57 bits per heavy atom. The summed E-state index contributed by atoms with van der Waals surface area (Å²) in [6.45, 7) is 1.86. The van der Waals surface area contributed by atoms with Crippen LogP contribution in [-0.2, 0) is 10.1 Å². The summed E-state index contributed by atoms with van der Waals surface area (Å²) in [6, 6.07) is 13.2. The lowest BCUT2D eigenvalue weighted by Crippen LogP contribution is -2.11. The molecule has 1 heterocycles. The fourth-order valence-electron chi connectivity index (χ4n) is 2.01. The topological polar surface area (TPSA) is 92.9 Å². The van der Waals surface area contributed by atoms with Crippen molar-refractivity contribution in [3.63, 3.8) is 0 Å². The number of hydrogen-bond acceptors (Lipinski definition) is 6. The molecule has 0 N–H and O–H groups in total. The van der Waals surface area contributed by atoms with E-state index >= 15 is 0 Å². The molecule has 0 aliphatic heterocycles. The van der Waals surface area contributed by atoms with E-state index in [1.807, 2.05) is 13.0 Å². The van der Waals surface area contributed by atoms with Crippen molar-refractivity contribution in [1.29, 1.82) is 5.26 Å². The van der Waals surface area contributed by atoms with Gasteiger partial charge in [-0.2, -0.15) is 13.7 Å². The highest BCUT2D eigenvalue weighted by Crippen LogP contribution is 2.20. The average molecular weight is 325 g/mol. The molecule has 23 heavy (non-hydrogen) atoms. The van der Waals surface area contributed by atoms with Crippen LogP contribution in [-0.4, -0.2) is 18.4 Å². The molecule has 0 unspecified atom stereocenters. The summed E-state index contributed by atoms with van der Waals surface area (Å²) in [5, 5.41) is 9.09. The van der Waals surface area contributed by atoms with Gasteiger partial charge in [0.15, 0.2) is 0 Å². The Kier molecular flexibility index (Phi) is 3.68. The van der Waals surface area contributed by atoms with Gasteiger partial charge in [-0.1, -0.05) is 23.8 Å². The van der Waals surface area contributed by atoms with Gasteiger partial charge in [0.05, 0.1) is 17.3 Å². The van der Waals surface area contributed by atoms with Gasteiger partial charge in [0.2, 0.25) is 0 Å². The molecule has 0 atom stereocenters. The van der Waals surface area contributed by atoms with Crippen LogP contribution in [0.15, 0.2) is 53.6 Å². The molecule has 6 nitrogen and oxygen atoms in total. The highest BCUT2D eigenvalue weighted by molar-refractivity contribution is 7.87. The molecule has 2 aromatic carbocycles. The first-order valence-electron chi connectivity index (χ1n) is 6.66. The van der Waals surface area contributed by atoms with Gasteiger partial charge < -0.3 is 4.18 Å². The Morgan fingerprint density at radius 1 is 1.13 bits per heavy atom. The zero-order chi connectivity index (χ0) is 16.4. The van der Waals surface area contributed by atoms with Crippen molar-refractivity contribution in [3.05, 3.63) is 59.8 Å². The number of para-hydroxylation sites is 1. The van der Waals surface area contributed by atoms with Gasteiger partial charge in [0.1, 0.15) is 16.5 Å². The van der Waals surface area contributed by atoms with Crippen LogP contribution in [0.2, 0.25) is 0 Å². The summed E-state index contributed by atoms with van der Waals surface area (Å²) in [7, 11) is -4.00. The molecule has 0 saturated carbocycles. The SMILES string of the molecule is Cc1ccc(S(=O)(=O)Oc2cnc3cccc(C#N)c3n2)cc1. The predicted octanol–water partition coefficient (Wildman–Crippen LogP) is 2.58. The molecule has 0 bridgehead atoms. The molecule has 0 saturated heterocycles. The van der Waals surface area contributed by atoms with E-state index in [4.69, 9.17) is 9.44 Å². The van der Waals surface area contributed by atoms with Crippen molar-refractivity contribution in [2.75, 3.05) is 0 Å². The van der Waals surface area contributed by atoms with Gasteiger partial charge in [-0.05, 0) is 31.2 Å². The third-order valence-corrected chi connectivity index (χ3v) is 4.42. The highest BCUT2D eigenvalue weighted by Gasteiger charge is 2.18. The number of rotatable bonds is 3. The average Bonchev–Trinajstić information content (AvgIpc) is 2.54. The Labute approximate surface area is 133 Å². The Balaban J connectivity index is 2.01. The van der Waals surface area contributed by atoms with Crippen molar-refractivity contribution in [3.8, 4) is 11.9 Å². The molecule has 0 radical (unpaired) electrons. The van der Waals surface area contributed by atoms with Gasteiger partial charge in [-0.3, -0.25) is 0 Å². The number of benzene rings is 2. The maximum absolute atomic E-state index is 12.2. The summed E-state index contributed by atoms with van der Waals surface area (Å²) >= 11 is 0. The lowest BCUT2D eigenvalue weighted by molar-refractivity contribution is 0.476. The molecular formula is C16H11N3O3S. The van der Waals surface area contributed by atoms with Crippen molar-refractivity contribution >= 4 is 21.2 Å². The fourth-order valence-corrected chi connectivity index (χ4v) is 2.88. The number of fused-ring (bicyclic) bond motifs is 1. The molecule has 0 aliphatic carbocycles. The van der Waals surface area contributed by atoms with E-state index in [1.165, 1.54) is 18.3 Å². The first-order valence-corrected chi connectivity index (χ1v) is 8.07. The number of nitriles is 1. The normalized spacial score (nSPS) is 11.1. The van der Waals surface area contributed by atoms with E-state index in [-0.39, 0.29) is 10.8 Å². The smallest absolute Gasteiger partial charge is 0.340 e. The molecule has 7 heteroatoms. The molecule has 0 aliphatic rings. The third kappa shape index (κ3) is 2.98. The second-order valence-corrected chi connectivity index (χ2v) is 6.39. The molecule has 0 amide bonds. The van der Waals surface area contributed by atoms with Crippen LogP contribution in [0.5, 0.6) is 5.88 Å². The van der Waals surface area contributed by atoms with Crippen LogP contribution in [0, 0.1) is 18.3 Å². The lowest BCUT2D eigenvalue weighted by atomic mass is 10.2. The zero-order valence-electron chi connectivity index (χ0n) is 12.1. The predicted molar refractivity (Wildman–Crippen MR) is 83.2 cm³/mol. The largest absolute Gasteiger partial charge is 0.356 e. The Hall–Kier alpha value is -2.98. The van der Waals surface area contributed by atoms with Crippen LogP contribution in [0.25, 0.3) is 11.0 Å². The quantitative estimate of drug-likeness (QED) is 0.687. The number of hydrogen-bond donors (Lipinski definition) is 0. The first kappa shape index (κ1) is 14.9. The van der Waals surface area contributed by atoms with Crippen molar-refractivity contribution in [2.45, 2.75) is 11.8 Å². The van der Waals surface area contributed by atoms with Crippen molar-refractivity contribution < 1.29 is 12.6 Å². The van der Waals surface area contributed by atoms with Crippen molar-refractivity contribution in [2.24, 2.45) is 0 Å². The van der Waals surface area contributed by atoms with Gasteiger partial charge in [0, 0.05) is 0 Å². The van der Waals surface area contributed by atoms with Gasteiger partial charge in [-0.15, -0.1) is 0 Å². The van der Waals surface area contributed by atoms with Crippen LogP contribution in [0.1, 0.15) is 11.1 Å². The molecule has 114 valence electrons. The second kappa shape index (κ2) is 5.66. The van der Waals surface area contributed by atoms with Gasteiger partial charge in [0.25, 0.3) is 5.88 Å². The number of aromatic nitrogens is 2. The number of nitrogens with zero attached hydrogens (tertiary/aromatic N) is 3. The van der Waals surface area contributed by atoms with E-state index in [2.05, 4.69) is 9.97 Å². The van der Waals surface area contributed by atoms with E-state index in [0.29, 0.717) is 16.6 Å². The van der Waals surface area contributed by atoms with E-state index in [0.717, 1.165) is 5.56 Å².